The van der Waals surface area contributed by atoms with E-state index in [2.05, 4.69) is 15.3 Å². The van der Waals surface area contributed by atoms with Crippen LogP contribution in [0.5, 0.6) is 0 Å². The van der Waals surface area contributed by atoms with Gasteiger partial charge >= 0.3 is 0 Å². The molecule has 0 atom stereocenters. The molecule has 1 amide bonds. The molecule has 1 fully saturated rings. The zero-order valence-electron chi connectivity index (χ0n) is 18.8. The van der Waals surface area contributed by atoms with Gasteiger partial charge in [-0.2, -0.15) is 0 Å². The zero-order chi connectivity index (χ0) is 25.2. The molecule has 182 valence electrons. The van der Waals surface area contributed by atoms with Gasteiger partial charge in [-0.3, -0.25) is 14.6 Å². The highest BCUT2D eigenvalue weighted by Gasteiger charge is 2.21. The molecular formula is C26H19F3N4O3. The van der Waals surface area contributed by atoms with Gasteiger partial charge in [-0.1, -0.05) is 6.07 Å². The number of nitrogens with zero attached hydrogens (tertiary/aromatic N) is 3. The minimum absolute atomic E-state index is 0.0169. The first-order valence-corrected chi connectivity index (χ1v) is 11.1. The number of amides is 1. The molecule has 2 heterocycles. The molecule has 5 rings (SSSR count). The minimum Gasteiger partial charge on any atom is -0.378 e. The summed E-state index contributed by atoms with van der Waals surface area (Å²) in [5, 5.41) is 2.37. The highest BCUT2D eigenvalue weighted by atomic mass is 19.2. The van der Waals surface area contributed by atoms with Gasteiger partial charge in [0.1, 0.15) is 11.6 Å². The summed E-state index contributed by atoms with van der Waals surface area (Å²) in [6.45, 7) is 2.43. The third-order valence-electron chi connectivity index (χ3n) is 5.74. The maximum atomic E-state index is 14.6. The predicted molar refractivity (Wildman–Crippen MR) is 127 cm³/mol. The molecule has 1 aliphatic rings. The molecular weight excluding hydrogens is 473 g/mol. The third kappa shape index (κ3) is 4.76. The number of nitrogens with one attached hydrogen (secondary N) is 1. The second kappa shape index (κ2) is 9.74. The number of fused-ring (bicyclic) bond motifs is 1. The van der Waals surface area contributed by atoms with E-state index in [1.54, 1.807) is 12.3 Å². The lowest BCUT2D eigenvalue weighted by Crippen LogP contribution is -2.36. The first-order chi connectivity index (χ1) is 17.4. The Kier molecular flexibility index (Phi) is 6.34. The van der Waals surface area contributed by atoms with Crippen LogP contribution in [0.2, 0.25) is 0 Å². The van der Waals surface area contributed by atoms with Crippen LogP contribution in [0.4, 0.5) is 24.7 Å². The van der Waals surface area contributed by atoms with Crippen LogP contribution in [0.1, 0.15) is 26.3 Å². The predicted octanol–water partition coefficient (Wildman–Crippen LogP) is 4.37. The van der Waals surface area contributed by atoms with Gasteiger partial charge in [-0.25, -0.2) is 18.2 Å². The van der Waals surface area contributed by atoms with Crippen molar-refractivity contribution in [3.05, 3.63) is 94.9 Å². The smallest absolute Gasteiger partial charge is 0.255 e. The van der Waals surface area contributed by atoms with Crippen molar-refractivity contribution in [2.24, 2.45) is 0 Å². The Labute approximate surface area is 203 Å². The monoisotopic (exact) mass is 492 g/mol. The molecule has 7 nitrogen and oxygen atoms in total. The maximum absolute atomic E-state index is 14.6. The highest BCUT2D eigenvalue weighted by molar-refractivity contribution is 6.11. The van der Waals surface area contributed by atoms with Crippen molar-refractivity contribution in [3.8, 4) is 0 Å². The lowest BCUT2D eigenvalue weighted by Gasteiger charge is -2.27. The molecule has 1 aromatic heterocycles. The first-order valence-electron chi connectivity index (χ1n) is 11.1. The lowest BCUT2D eigenvalue weighted by molar-refractivity contribution is 0.101. The van der Waals surface area contributed by atoms with Crippen molar-refractivity contribution in [1.82, 2.24) is 9.97 Å². The van der Waals surface area contributed by atoms with Crippen molar-refractivity contribution in [1.29, 1.82) is 0 Å². The van der Waals surface area contributed by atoms with Crippen LogP contribution >= 0.6 is 0 Å². The summed E-state index contributed by atoms with van der Waals surface area (Å²) in [6.07, 6.45) is 1.63. The molecule has 4 aromatic rings. The fourth-order valence-electron chi connectivity index (χ4n) is 3.90. The standard InChI is InChI=1S/C26H19F3N4O3/c27-17-3-1-2-16(10-17)26(35)31-18-12-19(24(29)20(28)13-18)25(34)15-4-5-21-22(11-15)32-23(14-30-21)33-6-8-36-9-7-33/h1-5,10-14H,6-9H2,(H,31,35). The van der Waals surface area contributed by atoms with Crippen LogP contribution in [0.3, 0.4) is 0 Å². The van der Waals surface area contributed by atoms with Crippen molar-refractivity contribution in [3.63, 3.8) is 0 Å². The van der Waals surface area contributed by atoms with Crippen molar-refractivity contribution >= 4 is 34.2 Å². The summed E-state index contributed by atoms with van der Waals surface area (Å²) in [7, 11) is 0. The molecule has 1 N–H and O–H groups in total. The number of carbonyl (C=O) groups excluding carboxylic acids is 2. The Morgan fingerprint density at radius 3 is 2.50 bits per heavy atom. The summed E-state index contributed by atoms with van der Waals surface area (Å²) in [5.41, 5.74) is 0.287. The largest absolute Gasteiger partial charge is 0.378 e. The van der Waals surface area contributed by atoms with Gasteiger partial charge in [0.25, 0.3) is 5.91 Å². The normalized spacial score (nSPS) is 13.6. The number of morpholine rings is 1. The van der Waals surface area contributed by atoms with Gasteiger partial charge in [0, 0.05) is 36.0 Å². The second-order valence-electron chi connectivity index (χ2n) is 8.14. The molecule has 3 aromatic carbocycles. The number of carbonyl (C=O) groups is 2. The number of aromatic nitrogens is 2. The van der Waals surface area contributed by atoms with E-state index in [0.29, 0.717) is 43.2 Å². The Balaban J connectivity index is 1.45. The Morgan fingerprint density at radius 1 is 0.917 bits per heavy atom. The fraction of sp³-hybridized carbons (Fsp3) is 0.154. The average Bonchev–Trinajstić information content (AvgIpc) is 2.90. The maximum Gasteiger partial charge on any atom is 0.255 e. The highest BCUT2D eigenvalue weighted by Crippen LogP contribution is 2.24. The molecule has 36 heavy (non-hydrogen) atoms. The molecule has 1 aliphatic heterocycles. The van der Waals surface area contributed by atoms with E-state index in [1.165, 1.54) is 30.3 Å². The van der Waals surface area contributed by atoms with Crippen molar-refractivity contribution in [2.45, 2.75) is 0 Å². The Hall–Kier alpha value is -4.31. The minimum atomic E-state index is -1.35. The fourth-order valence-corrected chi connectivity index (χ4v) is 3.90. The second-order valence-corrected chi connectivity index (χ2v) is 8.14. The number of anilines is 2. The van der Waals surface area contributed by atoms with Crippen LogP contribution in [0, 0.1) is 17.5 Å². The van der Waals surface area contributed by atoms with Gasteiger partial charge in [0.2, 0.25) is 0 Å². The van der Waals surface area contributed by atoms with Crippen molar-refractivity contribution in [2.75, 3.05) is 36.5 Å². The summed E-state index contributed by atoms with van der Waals surface area (Å²) in [5.74, 6) is -4.21. The molecule has 1 saturated heterocycles. The number of benzene rings is 3. The van der Waals surface area contributed by atoms with Gasteiger partial charge in [-0.15, -0.1) is 0 Å². The molecule has 0 saturated carbocycles. The summed E-state index contributed by atoms with van der Waals surface area (Å²) in [4.78, 5) is 36.5. The number of ketones is 1. The zero-order valence-corrected chi connectivity index (χ0v) is 18.8. The van der Waals surface area contributed by atoms with E-state index in [9.17, 15) is 22.8 Å². The average molecular weight is 492 g/mol. The van der Waals surface area contributed by atoms with Crippen LogP contribution in [0.15, 0.2) is 60.8 Å². The number of hydrogen-bond acceptors (Lipinski definition) is 6. The van der Waals surface area contributed by atoms with E-state index < -0.39 is 34.7 Å². The van der Waals surface area contributed by atoms with Crippen LogP contribution in [-0.4, -0.2) is 48.0 Å². The van der Waals surface area contributed by atoms with E-state index in [4.69, 9.17) is 4.74 Å². The SMILES string of the molecule is O=C(Nc1cc(F)c(F)c(C(=O)c2ccc3ncc(N4CCOCC4)nc3c2)c1)c1cccc(F)c1. The van der Waals surface area contributed by atoms with E-state index in [0.717, 1.165) is 18.2 Å². The molecule has 0 spiro atoms. The van der Waals surface area contributed by atoms with Crippen LogP contribution < -0.4 is 10.2 Å². The Morgan fingerprint density at radius 2 is 1.72 bits per heavy atom. The molecule has 0 aliphatic carbocycles. The van der Waals surface area contributed by atoms with Crippen LogP contribution in [-0.2, 0) is 4.74 Å². The Bertz CT molecular complexity index is 1490. The molecule has 0 radical (unpaired) electrons. The van der Waals surface area contributed by atoms with Crippen LogP contribution in [0.25, 0.3) is 11.0 Å². The topological polar surface area (TPSA) is 84.4 Å². The van der Waals surface area contributed by atoms with Gasteiger partial charge in [0.05, 0.1) is 36.0 Å². The summed E-state index contributed by atoms with van der Waals surface area (Å²) < 4.78 is 47.8. The quantitative estimate of drug-likeness (QED) is 0.417. The van der Waals surface area contributed by atoms with Gasteiger partial charge in [0.15, 0.2) is 17.4 Å². The van der Waals surface area contributed by atoms with E-state index in [-0.39, 0.29) is 16.8 Å². The number of halogens is 3. The van der Waals surface area contributed by atoms with E-state index >= 15 is 0 Å². The van der Waals surface area contributed by atoms with Gasteiger partial charge in [-0.05, 0) is 42.5 Å². The number of hydrogen-bond donors (Lipinski definition) is 1. The molecule has 0 unspecified atom stereocenters. The molecule has 10 heteroatoms. The third-order valence-corrected chi connectivity index (χ3v) is 5.74. The number of rotatable bonds is 5. The first kappa shape index (κ1) is 23.4. The summed E-state index contributed by atoms with van der Waals surface area (Å²) in [6, 6.07) is 11.2. The van der Waals surface area contributed by atoms with E-state index in [1.807, 2.05) is 4.90 Å². The molecule has 0 bridgehead atoms. The number of ether oxygens (including phenoxy) is 1. The summed E-state index contributed by atoms with van der Waals surface area (Å²) >= 11 is 0. The lowest BCUT2D eigenvalue weighted by atomic mass is 10.0. The van der Waals surface area contributed by atoms with Crippen molar-refractivity contribution < 1.29 is 27.5 Å². The van der Waals surface area contributed by atoms with Gasteiger partial charge < -0.3 is 15.0 Å².